The van der Waals surface area contributed by atoms with Gasteiger partial charge in [-0.15, -0.1) is 0 Å². The summed E-state index contributed by atoms with van der Waals surface area (Å²) < 4.78 is 10.4. The van der Waals surface area contributed by atoms with Gasteiger partial charge >= 0.3 is 0 Å². The van der Waals surface area contributed by atoms with Gasteiger partial charge in [0.1, 0.15) is 5.75 Å². The van der Waals surface area contributed by atoms with E-state index in [4.69, 9.17) is 9.47 Å². The first-order valence-electron chi connectivity index (χ1n) is 6.97. The van der Waals surface area contributed by atoms with Gasteiger partial charge in [0.05, 0.1) is 19.3 Å². The van der Waals surface area contributed by atoms with Gasteiger partial charge in [0.25, 0.3) is 0 Å². The molecule has 0 bridgehead atoms. The van der Waals surface area contributed by atoms with Gasteiger partial charge in [-0.2, -0.15) is 0 Å². The van der Waals surface area contributed by atoms with Crippen LogP contribution in [0.2, 0.25) is 0 Å². The Morgan fingerprint density at radius 1 is 1.18 bits per heavy atom. The minimum Gasteiger partial charge on any atom is -0.504 e. The molecule has 0 aliphatic heterocycles. The molecule has 2 aromatic carbocycles. The number of para-hydroxylation sites is 1. The second-order valence-electron chi connectivity index (χ2n) is 4.56. The van der Waals surface area contributed by atoms with Crippen LogP contribution in [-0.2, 0) is 0 Å². The topological polar surface area (TPSA) is 55.8 Å². The van der Waals surface area contributed by atoms with Crippen molar-refractivity contribution in [1.82, 2.24) is 0 Å². The molecular weight excluding hydrogens is 280 g/mol. The molecule has 0 fully saturated rings. The second kappa shape index (κ2) is 7.31. The van der Waals surface area contributed by atoms with Crippen LogP contribution in [0.5, 0.6) is 17.2 Å². The van der Waals surface area contributed by atoms with Crippen molar-refractivity contribution in [3.63, 3.8) is 0 Å². The summed E-state index contributed by atoms with van der Waals surface area (Å²) in [6.45, 7) is 2.37. The van der Waals surface area contributed by atoms with Crippen LogP contribution in [0.15, 0.2) is 48.5 Å². The summed E-state index contributed by atoms with van der Waals surface area (Å²) in [6.07, 6.45) is 3.10. The van der Waals surface area contributed by atoms with Gasteiger partial charge in [0.15, 0.2) is 17.3 Å². The first kappa shape index (κ1) is 15.6. The molecule has 0 atom stereocenters. The molecular formula is C18H18O4. The molecule has 0 aliphatic carbocycles. The Hall–Kier alpha value is -2.75. The number of phenols is 1. The molecule has 114 valence electrons. The van der Waals surface area contributed by atoms with Gasteiger partial charge in [-0.05, 0) is 42.8 Å². The van der Waals surface area contributed by atoms with Gasteiger partial charge in [0.2, 0.25) is 0 Å². The lowest BCUT2D eigenvalue weighted by molar-refractivity contribution is 0.104. The first-order valence-corrected chi connectivity index (χ1v) is 6.97. The van der Waals surface area contributed by atoms with E-state index in [0.29, 0.717) is 29.2 Å². The van der Waals surface area contributed by atoms with E-state index in [1.165, 1.54) is 19.3 Å². The highest BCUT2D eigenvalue weighted by Crippen LogP contribution is 2.27. The number of ketones is 1. The normalized spacial score (nSPS) is 10.6. The Labute approximate surface area is 129 Å². The number of carbonyl (C=O) groups excluding carboxylic acids is 1. The van der Waals surface area contributed by atoms with Crippen molar-refractivity contribution in [3.8, 4) is 17.2 Å². The van der Waals surface area contributed by atoms with Crippen LogP contribution < -0.4 is 9.47 Å². The van der Waals surface area contributed by atoms with E-state index in [1.54, 1.807) is 36.4 Å². The van der Waals surface area contributed by atoms with Gasteiger partial charge in [-0.3, -0.25) is 4.79 Å². The highest BCUT2D eigenvalue weighted by Gasteiger charge is 2.09. The number of benzene rings is 2. The Bertz CT molecular complexity index is 689. The molecule has 0 saturated heterocycles. The summed E-state index contributed by atoms with van der Waals surface area (Å²) in [5.74, 6) is 0.841. The van der Waals surface area contributed by atoms with E-state index in [-0.39, 0.29) is 11.5 Å². The average Bonchev–Trinajstić information content (AvgIpc) is 2.53. The Balaban J connectivity index is 2.20. The van der Waals surface area contributed by atoms with E-state index < -0.39 is 0 Å². The predicted molar refractivity (Wildman–Crippen MR) is 85.6 cm³/mol. The highest BCUT2D eigenvalue weighted by atomic mass is 16.5. The van der Waals surface area contributed by atoms with Crippen LogP contribution in [0.1, 0.15) is 22.8 Å². The number of methoxy groups -OCH3 is 1. The summed E-state index contributed by atoms with van der Waals surface area (Å²) in [5.41, 5.74) is 1.22. The summed E-state index contributed by atoms with van der Waals surface area (Å²) in [7, 11) is 1.48. The van der Waals surface area contributed by atoms with Crippen LogP contribution >= 0.6 is 0 Å². The largest absolute Gasteiger partial charge is 0.504 e. The Kier molecular flexibility index (Phi) is 5.20. The SMILES string of the molecule is CCOc1ccccc1C(=O)/C=C/c1ccc(OC)c(O)c1. The maximum atomic E-state index is 12.3. The fraction of sp³-hybridized carbons (Fsp3) is 0.167. The van der Waals surface area contributed by atoms with Crippen LogP contribution in [0.25, 0.3) is 6.08 Å². The number of hydrogen-bond donors (Lipinski definition) is 1. The quantitative estimate of drug-likeness (QED) is 0.652. The molecule has 1 N–H and O–H groups in total. The molecule has 0 aliphatic rings. The molecule has 4 heteroatoms. The Morgan fingerprint density at radius 3 is 2.64 bits per heavy atom. The predicted octanol–water partition coefficient (Wildman–Crippen LogP) is 3.70. The number of allylic oxidation sites excluding steroid dienone is 1. The molecule has 22 heavy (non-hydrogen) atoms. The van der Waals surface area contributed by atoms with Crippen molar-refractivity contribution in [2.24, 2.45) is 0 Å². The fourth-order valence-electron chi connectivity index (χ4n) is 2.02. The third kappa shape index (κ3) is 3.67. The van der Waals surface area contributed by atoms with Gasteiger partial charge in [0, 0.05) is 0 Å². The summed E-state index contributed by atoms with van der Waals surface area (Å²) in [6, 6.07) is 12.1. The van der Waals surface area contributed by atoms with E-state index in [0.717, 1.165) is 0 Å². The summed E-state index contributed by atoms with van der Waals surface area (Å²) >= 11 is 0. The zero-order valence-corrected chi connectivity index (χ0v) is 12.6. The molecule has 0 spiro atoms. The van der Waals surface area contributed by atoms with Crippen molar-refractivity contribution in [3.05, 3.63) is 59.7 Å². The summed E-state index contributed by atoms with van der Waals surface area (Å²) in [4.78, 5) is 12.3. The van der Waals surface area contributed by atoms with Crippen LogP contribution in [0.3, 0.4) is 0 Å². The van der Waals surface area contributed by atoms with E-state index in [2.05, 4.69) is 0 Å². The first-order chi connectivity index (χ1) is 10.7. The van der Waals surface area contributed by atoms with E-state index >= 15 is 0 Å². The number of ether oxygens (including phenoxy) is 2. The van der Waals surface area contributed by atoms with E-state index in [1.807, 2.05) is 13.0 Å². The number of carbonyl (C=O) groups is 1. The number of hydrogen-bond acceptors (Lipinski definition) is 4. The zero-order chi connectivity index (χ0) is 15.9. The minimum absolute atomic E-state index is 0.0341. The average molecular weight is 298 g/mol. The molecule has 2 rings (SSSR count). The number of phenolic OH excluding ortho intramolecular Hbond substituents is 1. The molecule has 0 radical (unpaired) electrons. The van der Waals surface area contributed by atoms with Gasteiger partial charge in [-0.25, -0.2) is 0 Å². The van der Waals surface area contributed by atoms with Crippen molar-refractivity contribution in [1.29, 1.82) is 0 Å². The van der Waals surface area contributed by atoms with Gasteiger partial charge in [-0.1, -0.05) is 24.3 Å². The maximum absolute atomic E-state index is 12.3. The van der Waals surface area contributed by atoms with Crippen LogP contribution in [-0.4, -0.2) is 24.6 Å². The molecule has 4 nitrogen and oxygen atoms in total. The number of aromatic hydroxyl groups is 1. The molecule has 0 amide bonds. The Morgan fingerprint density at radius 2 is 1.95 bits per heavy atom. The standard InChI is InChI=1S/C18H18O4/c1-3-22-17-7-5-4-6-14(17)15(19)10-8-13-9-11-18(21-2)16(20)12-13/h4-12,20H,3H2,1-2H3/b10-8+. The monoisotopic (exact) mass is 298 g/mol. The molecule has 0 unspecified atom stereocenters. The third-order valence-corrected chi connectivity index (χ3v) is 3.08. The smallest absolute Gasteiger partial charge is 0.189 e. The minimum atomic E-state index is -0.153. The lowest BCUT2D eigenvalue weighted by Crippen LogP contribution is -2.01. The molecule has 0 aromatic heterocycles. The fourth-order valence-corrected chi connectivity index (χ4v) is 2.02. The van der Waals surface area contributed by atoms with E-state index in [9.17, 15) is 9.90 Å². The summed E-state index contributed by atoms with van der Waals surface area (Å²) in [5, 5.41) is 9.72. The van der Waals surface area contributed by atoms with Crippen LogP contribution in [0.4, 0.5) is 0 Å². The van der Waals surface area contributed by atoms with Crippen molar-refractivity contribution in [2.75, 3.05) is 13.7 Å². The lowest BCUT2D eigenvalue weighted by Gasteiger charge is -2.07. The number of rotatable bonds is 6. The zero-order valence-electron chi connectivity index (χ0n) is 12.6. The van der Waals surface area contributed by atoms with Crippen molar-refractivity contribution < 1.29 is 19.4 Å². The van der Waals surface area contributed by atoms with Gasteiger partial charge < -0.3 is 14.6 Å². The molecule has 0 saturated carbocycles. The second-order valence-corrected chi connectivity index (χ2v) is 4.56. The van der Waals surface area contributed by atoms with Crippen molar-refractivity contribution >= 4 is 11.9 Å². The lowest BCUT2D eigenvalue weighted by atomic mass is 10.1. The van der Waals surface area contributed by atoms with Crippen molar-refractivity contribution in [2.45, 2.75) is 6.92 Å². The van der Waals surface area contributed by atoms with Crippen LogP contribution in [0, 0.1) is 0 Å². The molecule has 0 heterocycles. The highest BCUT2D eigenvalue weighted by molar-refractivity contribution is 6.08. The maximum Gasteiger partial charge on any atom is 0.189 e. The molecule has 2 aromatic rings. The third-order valence-electron chi connectivity index (χ3n) is 3.08.